The van der Waals surface area contributed by atoms with Crippen molar-refractivity contribution in [3.8, 4) is 0 Å². The quantitative estimate of drug-likeness (QED) is 0.683. The van der Waals surface area contributed by atoms with Gasteiger partial charge in [-0.1, -0.05) is 0 Å². The highest BCUT2D eigenvalue weighted by atomic mass is 19.2. The third kappa shape index (κ3) is 3.25. The molecule has 29 heavy (non-hydrogen) atoms. The van der Waals surface area contributed by atoms with Gasteiger partial charge in [-0.3, -0.25) is 4.79 Å². The minimum absolute atomic E-state index is 0.0275. The highest BCUT2D eigenvalue weighted by molar-refractivity contribution is 5.95. The number of amides is 1. The Morgan fingerprint density at radius 3 is 2.59 bits per heavy atom. The number of halogens is 3. The van der Waals surface area contributed by atoms with E-state index in [0.29, 0.717) is 17.4 Å². The van der Waals surface area contributed by atoms with Crippen LogP contribution in [0.4, 0.5) is 18.9 Å². The molecule has 0 saturated carbocycles. The zero-order valence-corrected chi connectivity index (χ0v) is 16.0. The average Bonchev–Trinajstić information content (AvgIpc) is 3.07. The minimum atomic E-state index is -1.26. The molecule has 2 atom stereocenters. The zero-order chi connectivity index (χ0) is 20.9. The molecular weight excluding hydrogens is 383 g/mol. The number of carbonyl (C=O) groups is 1. The van der Waals surface area contributed by atoms with Crippen LogP contribution in [0.2, 0.25) is 0 Å². The maximum absolute atomic E-state index is 14.3. The van der Waals surface area contributed by atoms with Crippen LogP contribution in [0.3, 0.4) is 0 Å². The molecule has 3 heterocycles. The molecular formula is C20H20F3N5O. The first-order valence-corrected chi connectivity index (χ1v) is 9.27. The first-order valence-electron chi connectivity index (χ1n) is 9.27. The van der Waals surface area contributed by atoms with Crippen LogP contribution < -0.4 is 10.6 Å². The van der Waals surface area contributed by atoms with Gasteiger partial charge in [-0.15, -0.1) is 0 Å². The molecule has 1 saturated heterocycles. The van der Waals surface area contributed by atoms with Gasteiger partial charge in [0.2, 0.25) is 5.91 Å². The van der Waals surface area contributed by atoms with Gasteiger partial charge in [0.1, 0.15) is 5.82 Å². The first kappa shape index (κ1) is 19.4. The molecule has 152 valence electrons. The number of piperidine rings is 1. The van der Waals surface area contributed by atoms with Crippen molar-refractivity contribution in [2.75, 3.05) is 18.0 Å². The van der Waals surface area contributed by atoms with E-state index in [-0.39, 0.29) is 36.9 Å². The van der Waals surface area contributed by atoms with E-state index < -0.39 is 23.4 Å². The fourth-order valence-corrected chi connectivity index (χ4v) is 4.00. The second kappa shape index (κ2) is 7.14. The molecule has 0 aliphatic carbocycles. The van der Waals surface area contributed by atoms with Gasteiger partial charge in [0.25, 0.3) is 0 Å². The Morgan fingerprint density at radius 1 is 1.14 bits per heavy atom. The number of aromatic nitrogens is 3. The minimum Gasteiger partial charge on any atom is -0.330 e. The zero-order valence-electron chi connectivity index (χ0n) is 16.0. The van der Waals surface area contributed by atoms with Crippen molar-refractivity contribution < 1.29 is 18.0 Å². The molecule has 9 heteroatoms. The lowest BCUT2D eigenvalue weighted by Gasteiger charge is -2.38. The number of nitrogens with two attached hydrogens (primary N) is 1. The van der Waals surface area contributed by atoms with Crippen molar-refractivity contribution in [1.82, 2.24) is 14.6 Å². The van der Waals surface area contributed by atoms with Crippen molar-refractivity contribution in [1.29, 1.82) is 0 Å². The van der Waals surface area contributed by atoms with Crippen molar-refractivity contribution in [2.24, 2.45) is 11.7 Å². The molecule has 1 fully saturated rings. The maximum atomic E-state index is 14.3. The van der Waals surface area contributed by atoms with Crippen LogP contribution in [0, 0.1) is 37.2 Å². The van der Waals surface area contributed by atoms with Gasteiger partial charge in [0.05, 0.1) is 23.3 Å². The third-order valence-electron chi connectivity index (χ3n) is 5.53. The topological polar surface area (TPSA) is 76.5 Å². The second-order valence-corrected chi connectivity index (χ2v) is 7.38. The summed E-state index contributed by atoms with van der Waals surface area (Å²) in [6, 6.07) is 3.17. The molecule has 0 radical (unpaired) electrons. The Morgan fingerprint density at radius 2 is 1.86 bits per heavy atom. The number of benzene rings is 1. The number of rotatable bonds is 3. The molecule has 0 unspecified atom stereocenters. The maximum Gasteiger partial charge on any atom is 0.227 e. The highest BCUT2D eigenvalue weighted by Crippen LogP contribution is 2.37. The van der Waals surface area contributed by atoms with E-state index in [9.17, 15) is 18.0 Å². The summed E-state index contributed by atoms with van der Waals surface area (Å²) in [5.74, 6) is -4.52. The summed E-state index contributed by atoms with van der Waals surface area (Å²) < 4.78 is 43.0. The van der Waals surface area contributed by atoms with Gasteiger partial charge in [-0.25, -0.2) is 22.7 Å². The van der Waals surface area contributed by atoms with Crippen LogP contribution in [-0.4, -0.2) is 33.6 Å². The van der Waals surface area contributed by atoms with Crippen LogP contribution >= 0.6 is 0 Å². The van der Waals surface area contributed by atoms with Gasteiger partial charge >= 0.3 is 0 Å². The van der Waals surface area contributed by atoms with E-state index in [2.05, 4.69) is 10.1 Å². The molecule has 3 aromatic rings. The van der Waals surface area contributed by atoms with E-state index in [0.717, 1.165) is 17.5 Å². The number of fused-ring (bicyclic) bond motifs is 1. The summed E-state index contributed by atoms with van der Waals surface area (Å²) in [5.41, 5.74) is 8.68. The Hall–Kier alpha value is -2.94. The first-order chi connectivity index (χ1) is 13.8. The molecule has 1 aromatic carbocycles. The molecule has 0 spiro atoms. The van der Waals surface area contributed by atoms with E-state index in [1.54, 1.807) is 15.6 Å². The number of carbonyl (C=O) groups excluding carboxylic acids is 1. The summed E-state index contributed by atoms with van der Waals surface area (Å²) in [6.45, 7) is 4.06. The predicted molar refractivity (Wildman–Crippen MR) is 101 cm³/mol. The number of anilines is 1. The molecule has 1 aliphatic heterocycles. The largest absolute Gasteiger partial charge is 0.330 e. The van der Waals surface area contributed by atoms with Crippen molar-refractivity contribution in [3.63, 3.8) is 0 Å². The van der Waals surface area contributed by atoms with Gasteiger partial charge < -0.3 is 10.6 Å². The smallest absolute Gasteiger partial charge is 0.227 e. The molecule has 1 aliphatic rings. The number of nitrogens with zero attached hydrogens (tertiary/aromatic N) is 4. The van der Waals surface area contributed by atoms with Crippen LogP contribution in [0.5, 0.6) is 0 Å². The van der Waals surface area contributed by atoms with Crippen molar-refractivity contribution in [2.45, 2.75) is 26.2 Å². The molecule has 6 nitrogen and oxygen atoms in total. The van der Waals surface area contributed by atoms with Gasteiger partial charge in [0.15, 0.2) is 17.3 Å². The van der Waals surface area contributed by atoms with E-state index >= 15 is 0 Å². The van der Waals surface area contributed by atoms with Crippen molar-refractivity contribution in [3.05, 3.63) is 58.8 Å². The monoisotopic (exact) mass is 403 g/mol. The van der Waals surface area contributed by atoms with Crippen molar-refractivity contribution >= 4 is 17.2 Å². The van der Waals surface area contributed by atoms with Crippen LogP contribution in [0.15, 0.2) is 24.4 Å². The summed E-state index contributed by atoms with van der Waals surface area (Å²) in [7, 11) is 0. The molecule has 1 amide bonds. The lowest BCUT2D eigenvalue weighted by Crippen LogP contribution is -2.46. The Balaban J connectivity index is 1.70. The van der Waals surface area contributed by atoms with E-state index in [4.69, 9.17) is 5.73 Å². The van der Waals surface area contributed by atoms with Gasteiger partial charge in [0, 0.05) is 31.0 Å². The number of hydrogen-bond acceptors (Lipinski definition) is 4. The van der Waals surface area contributed by atoms with E-state index in [1.165, 1.54) is 0 Å². The normalized spacial score (nSPS) is 19.9. The SMILES string of the molecule is Cc1cc2ncc(N3C[C@H](CN)[C@@H](c4cc(F)c(F)cc4F)CC3=O)c(C)n2n1. The Labute approximate surface area is 165 Å². The fourth-order valence-electron chi connectivity index (χ4n) is 4.00. The van der Waals surface area contributed by atoms with Crippen LogP contribution in [-0.2, 0) is 4.79 Å². The second-order valence-electron chi connectivity index (χ2n) is 7.38. The molecule has 2 aromatic heterocycles. The molecule has 4 rings (SSSR count). The average molecular weight is 403 g/mol. The Kier molecular flexibility index (Phi) is 4.77. The highest BCUT2D eigenvalue weighted by Gasteiger charge is 2.37. The Bertz CT molecular complexity index is 1110. The third-order valence-corrected chi connectivity index (χ3v) is 5.53. The standard InChI is InChI=1S/C20H20F3N5O/c1-10-3-19-25-8-18(11(2)28(19)26-10)27-9-12(7-24)13(5-20(27)29)14-4-16(22)17(23)6-15(14)21/h3-4,6,8,12-13H,5,7,9,24H2,1-2H3/t12-,13-/m0/s1. The summed E-state index contributed by atoms with van der Waals surface area (Å²) in [5, 5.41) is 4.39. The number of aryl methyl sites for hydroxylation is 2. The predicted octanol–water partition coefficient (Wildman–Crippen LogP) is 2.86. The van der Waals surface area contributed by atoms with Crippen LogP contribution in [0.1, 0.15) is 29.3 Å². The molecule has 0 bridgehead atoms. The van der Waals surface area contributed by atoms with Gasteiger partial charge in [-0.2, -0.15) is 5.10 Å². The summed E-state index contributed by atoms with van der Waals surface area (Å²) >= 11 is 0. The fraction of sp³-hybridized carbons (Fsp3) is 0.350. The van der Waals surface area contributed by atoms with E-state index in [1.807, 2.05) is 19.9 Å². The summed E-state index contributed by atoms with van der Waals surface area (Å²) in [6.07, 6.45) is 1.54. The lowest BCUT2D eigenvalue weighted by molar-refractivity contribution is -0.120. The van der Waals surface area contributed by atoms with Gasteiger partial charge in [-0.05, 0) is 37.9 Å². The van der Waals surface area contributed by atoms with Crippen LogP contribution in [0.25, 0.3) is 5.65 Å². The summed E-state index contributed by atoms with van der Waals surface area (Å²) in [4.78, 5) is 18.9. The number of hydrogen-bond donors (Lipinski definition) is 1. The molecule has 2 N–H and O–H groups in total. The lowest BCUT2D eigenvalue weighted by atomic mass is 9.79.